The highest BCUT2D eigenvalue weighted by molar-refractivity contribution is 7.92. The lowest BCUT2D eigenvalue weighted by Crippen LogP contribution is -2.48. The fourth-order valence-electron chi connectivity index (χ4n) is 3.21. The summed E-state index contributed by atoms with van der Waals surface area (Å²) in [6.45, 7) is 3.34. The number of anilines is 1. The summed E-state index contributed by atoms with van der Waals surface area (Å²) >= 11 is 0. The van der Waals surface area contributed by atoms with Gasteiger partial charge in [0.25, 0.3) is 0 Å². The van der Waals surface area contributed by atoms with E-state index in [0.717, 1.165) is 16.1 Å². The summed E-state index contributed by atoms with van der Waals surface area (Å²) in [5.41, 5.74) is 1.08. The molecule has 0 aliphatic heterocycles. The van der Waals surface area contributed by atoms with E-state index in [1.54, 1.807) is 25.3 Å². The summed E-state index contributed by atoms with van der Waals surface area (Å²) in [6, 6.07) is 10.6. The molecule has 9 heteroatoms. The van der Waals surface area contributed by atoms with Gasteiger partial charge < -0.3 is 19.5 Å². The number of hydrogen-bond acceptors (Lipinski definition) is 6. The van der Waals surface area contributed by atoms with Crippen LogP contribution in [0.15, 0.2) is 42.5 Å². The first-order chi connectivity index (χ1) is 14.1. The zero-order chi connectivity index (χ0) is 22.5. The predicted molar refractivity (Wildman–Crippen MR) is 116 cm³/mol. The molecule has 0 radical (unpaired) electrons. The lowest BCUT2D eigenvalue weighted by Gasteiger charge is -2.30. The summed E-state index contributed by atoms with van der Waals surface area (Å²) in [5.74, 6) is 1.00. The van der Waals surface area contributed by atoms with Crippen LogP contribution in [-0.2, 0) is 14.8 Å². The Morgan fingerprint density at radius 3 is 2.10 bits per heavy atom. The maximum atomic E-state index is 13.0. The predicted octanol–water partition coefficient (Wildman–Crippen LogP) is 2.74. The number of ether oxygens (including phenoxy) is 3. The molecule has 2 aromatic carbocycles. The number of carbonyl (C=O) groups is 1. The minimum atomic E-state index is -3.77. The first kappa shape index (κ1) is 23.3. The molecule has 164 valence electrons. The molecule has 0 heterocycles. The van der Waals surface area contributed by atoms with E-state index in [1.807, 2.05) is 25.1 Å². The van der Waals surface area contributed by atoms with Crippen LogP contribution >= 0.6 is 0 Å². The van der Waals surface area contributed by atoms with Crippen molar-refractivity contribution in [2.75, 3.05) is 31.9 Å². The molecular weight excluding hydrogens is 408 g/mol. The van der Waals surface area contributed by atoms with Crippen LogP contribution in [0.25, 0.3) is 0 Å². The van der Waals surface area contributed by atoms with Gasteiger partial charge in [-0.2, -0.15) is 0 Å². The van der Waals surface area contributed by atoms with E-state index in [0.29, 0.717) is 22.9 Å². The summed E-state index contributed by atoms with van der Waals surface area (Å²) in [7, 11) is 0.729. The Balaban J connectivity index is 2.33. The second-order valence-electron chi connectivity index (χ2n) is 6.75. The van der Waals surface area contributed by atoms with Crippen LogP contribution in [0.1, 0.15) is 25.5 Å². The van der Waals surface area contributed by atoms with Gasteiger partial charge in [-0.15, -0.1) is 0 Å². The highest BCUT2D eigenvalue weighted by Crippen LogP contribution is 2.33. The average molecular weight is 437 g/mol. The van der Waals surface area contributed by atoms with Crippen molar-refractivity contribution in [1.29, 1.82) is 0 Å². The zero-order valence-electron chi connectivity index (χ0n) is 18.0. The molecular formula is C21H28N2O6S. The number of carbonyl (C=O) groups excluding carboxylic acids is 1. The van der Waals surface area contributed by atoms with Gasteiger partial charge >= 0.3 is 0 Å². The Morgan fingerprint density at radius 2 is 1.53 bits per heavy atom. The fourth-order valence-corrected chi connectivity index (χ4v) is 4.37. The molecule has 2 rings (SSSR count). The Hall–Kier alpha value is -2.94. The van der Waals surface area contributed by atoms with Crippen molar-refractivity contribution >= 4 is 21.6 Å². The van der Waals surface area contributed by atoms with E-state index >= 15 is 0 Å². The third kappa shape index (κ3) is 5.15. The van der Waals surface area contributed by atoms with E-state index in [9.17, 15) is 13.2 Å². The number of methoxy groups -OCH3 is 3. The topological polar surface area (TPSA) is 94.2 Å². The molecule has 2 atom stereocenters. The van der Waals surface area contributed by atoms with Crippen LogP contribution in [0.4, 0.5) is 5.69 Å². The van der Waals surface area contributed by atoms with Crippen molar-refractivity contribution in [3.8, 4) is 17.2 Å². The Labute approximate surface area is 177 Å². The van der Waals surface area contributed by atoms with Gasteiger partial charge in [0.2, 0.25) is 15.9 Å². The van der Waals surface area contributed by atoms with Gasteiger partial charge in [0.1, 0.15) is 11.8 Å². The monoisotopic (exact) mass is 436 g/mol. The number of para-hydroxylation sites is 1. The Bertz CT molecular complexity index is 993. The van der Waals surface area contributed by atoms with Crippen molar-refractivity contribution in [2.45, 2.75) is 25.9 Å². The van der Waals surface area contributed by atoms with Crippen LogP contribution in [0.3, 0.4) is 0 Å². The lowest BCUT2D eigenvalue weighted by atomic mass is 10.1. The second kappa shape index (κ2) is 9.71. The van der Waals surface area contributed by atoms with E-state index in [1.165, 1.54) is 27.2 Å². The molecule has 2 aromatic rings. The number of nitrogens with one attached hydrogen (secondary N) is 1. The molecule has 0 aromatic heterocycles. The Morgan fingerprint density at radius 1 is 0.933 bits per heavy atom. The molecule has 0 spiro atoms. The molecule has 0 aliphatic carbocycles. The Kier molecular flexibility index (Phi) is 7.55. The van der Waals surface area contributed by atoms with E-state index < -0.39 is 22.0 Å². The molecule has 0 aliphatic rings. The molecule has 0 unspecified atom stereocenters. The highest BCUT2D eigenvalue weighted by Gasteiger charge is 2.31. The number of benzene rings is 2. The normalized spacial score (nSPS) is 13.1. The fraction of sp³-hybridized carbons (Fsp3) is 0.381. The van der Waals surface area contributed by atoms with E-state index in [4.69, 9.17) is 14.2 Å². The number of hydrogen-bond donors (Lipinski definition) is 1. The quantitative estimate of drug-likeness (QED) is 0.650. The summed E-state index contributed by atoms with van der Waals surface area (Å²) in [5, 5.41) is 2.86. The maximum absolute atomic E-state index is 13.0. The SMILES string of the molecule is COc1ccc(N([C@@H](C)C(=O)N[C@@H](C)c2ccccc2OC)S(C)(=O)=O)cc1OC. The molecule has 0 saturated carbocycles. The first-order valence-electron chi connectivity index (χ1n) is 9.28. The van der Waals surface area contributed by atoms with Crippen LogP contribution < -0.4 is 23.8 Å². The smallest absolute Gasteiger partial charge is 0.244 e. The minimum Gasteiger partial charge on any atom is -0.496 e. The molecule has 0 fully saturated rings. The molecule has 1 amide bonds. The first-order valence-corrected chi connectivity index (χ1v) is 11.1. The van der Waals surface area contributed by atoms with E-state index in [2.05, 4.69) is 5.32 Å². The van der Waals surface area contributed by atoms with Gasteiger partial charge in [-0.1, -0.05) is 18.2 Å². The van der Waals surface area contributed by atoms with Gasteiger partial charge in [0.05, 0.1) is 39.3 Å². The van der Waals surface area contributed by atoms with Gasteiger partial charge in [-0.25, -0.2) is 8.42 Å². The van der Waals surface area contributed by atoms with Crippen LogP contribution in [0.2, 0.25) is 0 Å². The van der Waals surface area contributed by atoms with E-state index in [-0.39, 0.29) is 6.04 Å². The van der Waals surface area contributed by atoms with Gasteiger partial charge in [-0.05, 0) is 32.0 Å². The van der Waals surface area contributed by atoms with Crippen molar-refractivity contribution in [2.24, 2.45) is 0 Å². The van der Waals surface area contributed by atoms with Crippen LogP contribution in [-0.4, -0.2) is 48.0 Å². The summed E-state index contributed by atoms with van der Waals surface area (Å²) < 4.78 is 42.0. The lowest BCUT2D eigenvalue weighted by molar-refractivity contribution is -0.122. The third-order valence-corrected chi connectivity index (χ3v) is 5.92. The number of sulfonamides is 1. The number of amides is 1. The number of rotatable bonds is 9. The maximum Gasteiger partial charge on any atom is 0.244 e. The summed E-state index contributed by atoms with van der Waals surface area (Å²) in [4.78, 5) is 13.0. The van der Waals surface area contributed by atoms with Crippen molar-refractivity contribution in [1.82, 2.24) is 5.32 Å². The third-order valence-electron chi connectivity index (χ3n) is 4.67. The molecule has 8 nitrogen and oxygen atoms in total. The summed E-state index contributed by atoms with van der Waals surface area (Å²) in [6.07, 6.45) is 1.05. The average Bonchev–Trinajstić information content (AvgIpc) is 2.72. The van der Waals surface area contributed by atoms with Crippen molar-refractivity contribution in [3.05, 3.63) is 48.0 Å². The van der Waals surface area contributed by atoms with Gasteiger partial charge in [-0.3, -0.25) is 9.10 Å². The molecule has 0 saturated heterocycles. The van der Waals surface area contributed by atoms with Gasteiger partial charge in [0.15, 0.2) is 11.5 Å². The largest absolute Gasteiger partial charge is 0.496 e. The minimum absolute atomic E-state index is 0.294. The van der Waals surface area contributed by atoms with Crippen LogP contribution in [0, 0.1) is 0 Å². The second-order valence-corrected chi connectivity index (χ2v) is 8.61. The molecule has 1 N–H and O–H groups in total. The van der Waals surface area contributed by atoms with Gasteiger partial charge in [0, 0.05) is 11.6 Å². The van der Waals surface area contributed by atoms with Crippen molar-refractivity contribution in [3.63, 3.8) is 0 Å². The van der Waals surface area contributed by atoms with Crippen LogP contribution in [0.5, 0.6) is 17.2 Å². The zero-order valence-corrected chi connectivity index (χ0v) is 18.8. The molecule has 30 heavy (non-hydrogen) atoms. The standard InChI is InChI=1S/C21H28N2O6S/c1-14(17-9-7-8-10-18(17)27-3)22-21(24)15(2)23(30(6,25)26)16-11-12-19(28-4)20(13-16)29-5/h7-15H,1-6H3,(H,22,24)/t14-,15-/m0/s1. The number of nitrogens with zero attached hydrogens (tertiary/aromatic N) is 1. The highest BCUT2D eigenvalue weighted by atomic mass is 32.2. The molecule has 0 bridgehead atoms. The van der Waals surface area contributed by atoms with Crippen molar-refractivity contribution < 1.29 is 27.4 Å².